The van der Waals surface area contributed by atoms with Crippen molar-refractivity contribution < 1.29 is 35.7 Å². The fraction of sp³-hybridized carbons (Fsp3) is 1.00. The molecule has 2 aliphatic carbocycles. The lowest BCUT2D eigenvalue weighted by Gasteiger charge is -2.30. The Bertz CT molecular complexity index is 238. The van der Waals surface area contributed by atoms with E-state index in [9.17, 15) is 0 Å². The summed E-state index contributed by atoms with van der Waals surface area (Å²) in [5, 5.41) is 3.86. The topological polar surface area (TPSA) is 184 Å². The predicted molar refractivity (Wildman–Crippen MR) is 82.0 cm³/mol. The summed E-state index contributed by atoms with van der Waals surface area (Å²) in [5.74, 6) is 0. The fourth-order valence-corrected chi connectivity index (χ4v) is 2.87. The van der Waals surface area contributed by atoms with Crippen LogP contribution in [0.2, 0.25) is 0 Å². The number of hydrogen-bond acceptors (Lipinski definition) is 2. The smallest absolute Gasteiger partial charge is 0.412 e. The minimum atomic E-state index is -4.64. The molecule has 8 nitrogen and oxygen atoms in total. The normalized spacial score (nSPS) is 20.0. The molecule has 0 unspecified atom stereocenters. The first-order valence-electron chi connectivity index (χ1n) is 6.99. The van der Waals surface area contributed by atoms with Crippen molar-refractivity contribution in [3.8, 4) is 0 Å². The first kappa shape index (κ1) is 25.9. The van der Waals surface area contributed by atoms with Crippen LogP contribution in [0.1, 0.15) is 64.2 Å². The molecule has 0 aliphatic heterocycles. The molecule has 2 rings (SSSR count). The maximum atomic E-state index is 8.88. The maximum absolute atomic E-state index is 8.88. The Labute approximate surface area is 126 Å². The van der Waals surface area contributed by atoms with Crippen molar-refractivity contribution in [1.82, 2.24) is 5.32 Å². The van der Waals surface area contributed by atoms with Gasteiger partial charge >= 0.3 is 7.82 Å². The van der Waals surface area contributed by atoms with E-state index in [1.165, 1.54) is 64.2 Å². The Kier molecular flexibility index (Phi) is 16.8. The van der Waals surface area contributed by atoms with E-state index in [2.05, 4.69) is 5.32 Å². The molecule has 2 fully saturated rings. The first-order valence-corrected chi connectivity index (χ1v) is 8.56. The van der Waals surface area contributed by atoms with Gasteiger partial charge in [0.25, 0.3) is 0 Å². The number of nitrogens with one attached hydrogen (secondary N) is 1. The summed E-state index contributed by atoms with van der Waals surface area (Å²) in [6.07, 6.45) is 14.6. The van der Waals surface area contributed by atoms with Crippen molar-refractivity contribution >= 4 is 7.82 Å². The summed E-state index contributed by atoms with van der Waals surface area (Å²) < 4.78 is 8.88. The van der Waals surface area contributed by atoms with Crippen LogP contribution in [0.3, 0.4) is 0 Å². The van der Waals surface area contributed by atoms with Crippen LogP contribution in [0.25, 0.3) is 0 Å². The third-order valence-corrected chi connectivity index (χ3v) is 3.68. The lowest BCUT2D eigenvalue weighted by molar-refractivity contribution is 0.275. The molecule has 10 N–H and O–H groups in total. The predicted octanol–water partition coefficient (Wildman–Crippen LogP) is -0.161. The van der Waals surface area contributed by atoms with Gasteiger partial charge in [0, 0.05) is 12.1 Å². The van der Waals surface area contributed by atoms with E-state index < -0.39 is 7.82 Å². The largest absolute Gasteiger partial charge is 0.466 e. The molecule has 0 heterocycles. The van der Waals surface area contributed by atoms with E-state index in [0.717, 1.165) is 12.1 Å². The van der Waals surface area contributed by atoms with Crippen molar-refractivity contribution in [2.45, 2.75) is 76.3 Å². The van der Waals surface area contributed by atoms with Crippen molar-refractivity contribution in [1.29, 1.82) is 0 Å². The van der Waals surface area contributed by atoms with Crippen LogP contribution in [0.5, 0.6) is 0 Å². The Morgan fingerprint density at radius 3 is 1.14 bits per heavy atom. The molecule has 2 saturated carbocycles. The van der Waals surface area contributed by atoms with Gasteiger partial charge in [0.05, 0.1) is 0 Å². The van der Waals surface area contributed by atoms with Crippen LogP contribution < -0.4 is 5.32 Å². The third kappa shape index (κ3) is 16.2. The van der Waals surface area contributed by atoms with Gasteiger partial charge in [0.2, 0.25) is 0 Å². The van der Waals surface area contributed by atoms with E-state index in [4.69, 9.17) is 19.2 Å². The van der Waals surface area contributed by atoms with Gasteiger partial charge in [-0.25, -0.2) is 4.57 Å². The van der Waals surface area contributed by atoms with E-state index in [1.54, 1.807) is 0 Å². The molecular formula is C12H32NO7P. The zero-order valence-corrected chi connectivity index (χ0v) is 13.3. The van der Waals surface area contributed by atoms with Gasteiger partial charge < -0.3 is 36.4 Å². The third-order valence-electron chi connectivity index (χ3n) is 3.68. The standard InChI is InChI=1S/C12H23N.H3O4P.3H2O/c1-3-7-11(8-4-1)13-12-9-5-2-6-10-12;1-5(2,3)4;;;/h11-13H,1-10H2;(H3,1,2,3,4);3*1H2. The number of hydrogen-bond donors (Lipinski definition) is 4. The van der Waals surface area contributed by atoms with E-state index in [1.807, 2.05) is 0 Å². The highest BCUT2D eigenvalue weighted by molar-refractivity contribution is 7.45. The van der Waals surface area contributed by atoms with Gasteiger partial charge in [-0.1, -0.05) is 38.5 Å². The summed E-state index contributed by atoms with van der Waals surface area (Å²) in [7, 11) is -4.64. The molecule has 0 aromatic carbocycles. The Balaban J connectivity index is -0.000000360. The molecule has 132 valence electrons. The quantitative estimate of drug-likeness (QED) is 0.510. The van der Waals surface area contributed by atoms with Gasteiger partial charge in [-0.15, -0.1) is 0 Å². The Morgan fingerprint density at radius 2 is 0.905 bits per heavy atom. The van der Waals surface area contributed by atoms with Crippen LogP contribution in [-0.4, -0.2) is 43.2 Å². The van der Waals surface area contributed by atoms with E-state index in [0.29, 0.717) is 0 Å². The van der Waals surface area contributed by atoms with Crippen molar-refractivity contribution in [3.05, 3.63) is 0 Å². The van der Waals surface area contributed by atoms with Gasteiger partial charge in [0.1, 0.15) is 0 Å². The molecule has 2 aliphatic rings. The van der Waals surface area contributed by atoms with Crippen molar-refractivity contribution in [2.75, 3.05) is 0 Å². The lowest BCUT2D eigenvalue weighted by atomic mass is 9.91. The summed E-state index contributed by atoms with van der Waals surface area (Å²) in [4.78, 5) is 21.6. The lowest BCUT2D eigenvalue weighted by Crippen LogP contribution is -2.40. The Morgan fingerprint density at radius 1 is 0.667 bits per heavy atom. The first-order chi connectivity index (χ1) is 8.45. The minimum absolute atomic E-state index is 0. The van der Waals surface area contributed by atoms with Crippen molar-refractivity contribution in [2.24, 2.45) is 0 Å². The average Bonchev–Trinajstić information content (AvgIpc) is 2.29. The minimum Gasteiger partial charge on any atom is -0.412 e. The molecule has 0 atom stereocenters. The summed E-state index contributed by atoms with van der Waals surface area (Å²) in [6.45, 7) is 0. The molecule has 21 heavy (non-hydrogen) atoms. The van der Waals surface area contributed by atoms with Crippen LogP contribution in [0.15, 0.2) is 0 Å². The summed E-state index contributed by atoms with van der Waals surface area (Å²) >= 11 is 0. The highest BCUT2D eigenvalue weighted by atomic mass is 31.2. The second kappa shape index (κ2) is 13.6. The molecule has 0 bridgehead atoms. The summed E-state index contributed by atoms with van der Waals surface area (Å²) in [5.41, 5.74) is 0. The average molecular weight is 333 g/mol. The van der Waals surface area contributed by atoms with E-state index in [-0.39, 0.29) is 16.4 Å². The molecule has 0 spiro atoms. The second-order valence-electron chi connectivity index (χ2n) is 5.35. The molecule has 9 heteroatoms. The highest BCUT2D eigenvalue weighted by Gasteiger charge is 2.19. The Hall–Kier alpha value is -0.0500. The highest BCUT2D eigenvalue weighted by Crippen LogP contribution is 2.25. The SMILES string of the molecule is C1CCC(NC2CCCCC2)CC1.O.O.O.O=P(O)(O)O. The van der Waals surface area contributed by atoms with Crippen LogP contribution >= 0.6 is 7.82 Å². The second-order valence-corrected chi connectivity index (χ2v) is 6.38. The van der Waals surface area contributed by atoms with Gasteiger partial charge in [0.15, 0.2) is 0 Å². The van der Waals surface area contributed by atoms with Crippen LogP contribution in [0, 0.1) is 0 Å². The number of rotatable bonds is 2. The zero-order chi connectivity index (χ0) is 13.4. The number of phosphoric acid groups is 1. The van der Waals surface area contributed by atoms with Crippen LogP contribution in [0.4, 0.5) is 0 Å². The van der Waals surface area contributed by atoms with E-state index >= 15 is 0 Å². The zero-order valence-electron chi connectivity index (χ0n) is 12.4. The molecule has 0 saturated heterocycles. The fourth-order valence-electron chi connectivity index (χ4n) is 2.87. The van der Waals surface area contributed by atoms with Crippen molar-refractivity contribution in [3.63, 3.8) is 0 Å². The van der Waals surface area contributed by atoms with Crippen LogP contribution in [-0.2, 0) is 4.57 Å². The molecule has 0 amide bonds. The monoisotopic (exact) mass is 333 g/mol. The molecule has 0 radical (unpaired) electrons. The van der Waals surface area contributed by atoms with Gasteiger partial charge in [-0.2, -0.15) is 0 Å². The van der Waals surface area contributed by atoms with Gasteiger partial charge in [-0.3, -0.25) is 0 Å². The molecular weight excluding hydrogens is 301 g/mol. The summed E-state index contributed by atoms with van der Waals surface area (Å²) in [6, 6.07) is 1.74. The maximum Gasteiger partial charge on any atom is 0.466 e. The van der Waals surface area contributed by atoms with Gasteiger partial charge in [-0.05, 0) is 25.7 Å². The molecule has 0 aromatic heterocycles. The molecule has 0 aromatic rings.